The molecule has 0 aliphatic heterocycles. The molecule has 140 valence electrons. The minimum absolute atomic E-state index is 0.175. The summed E-state index contributed by atoms with van der Waals surface area (Å²) in [6, 6.07) is 8.50. The number of amides is 1. The van der Waals surface area contributed by atoms with E-state index in [1.165, 1.54) is 24.3 Å². The van der Waals surface area contributed by atoms with Gasteiger partial charge >= 0.3 is 0 Å². The van der Waals surface area contributed by atoms with Gasteiger partial charge in [-0.3, -0.25) is 4.79 Å². The normalized spacial score (nSPS) is 12.6. The van der Waals surface area contributed by atoms with E-state index in [0.29, 0.717) is 32.2 Å². The lowest BCUT2D eigenvalue weighted by molar-refractivity contribution is -0.117. The Morgan fingerprint density at radius 3 is 2.67 bits per heavy atom. The molecule has 7 heteroatoms. The number of carbonyl (C=O) groups is 1. The molecule has 1 unspecified atom stereocenters. The predicted octanol–water partition coefficient (Wildman–Crippen LogP) is 4.39. The second kappa shape index (κ2) is 8.02. The van der Waals surface area contributed by atoms with Crippen molar-refractivity contribution in [1.29, 1.82) is 0 Å². The Kier molecular flexibility index (Phi) is 5.72. The lowest BCUT2D eigenvalue weighted by Gasteiger charge is -2.08. The van der Waals surface area contributed by atoms with E-state index in [0.717, 1.165) is 0 Å². The zero-order valence-corrected chi connectivity index (χ0v) is 16.0. The maximum Gasteiger partial charge on any atom is 0.244 e. The summed E-state index contributed by atoms with van der Waals surface area (Å²) in [5.41, 5.74) is 2.12. The van der Waals surface area contributed by atoms with E-state index in [-0.39, 0.29) is 24.4 Å². The van der Waals surface area contributed by atoms with Crippen molar-refractivity contribution in [1.82, 2.24) is 10.3 Å². The van der Waals surface area contributed by atoms with E-state index in [9.17, 15) is 13.6 Å². The van der Waals surface area contributed by atoms with Crippen LogP contribution >= 0.6 is 15.9 Å². The number of aliphatic hydroxyl groups is 1. The molecule has 4 nitrogen and oxygen atoms in total. The van der Waals surface area contributed by atoms with Crippen molar-refractivity contribution in [3.05, 3.63) is 64.1 Å². The summed E-state index contributed by atoms with van der Waals surface area (Å²) in [7, 11) is 0. The summed E-state index contributed by atoms with van der Waals surface area (Å²) < 4.78 is 28.2. The first kappa shape index (κ1) is 19.3. The van der Waals surface area contributed by atoms with Gasteiger partial charge in [-0.2, -0.15) is 0 Å². The van der Waals surface area contributed by atoms with Crippen LogP contribution in [0.5, 0.6) is 0 Å². The maximum atomic E-state index is 14.4. The highest BCUT2D eigenvalue weighted by molar-refractivity contribution is 9.10. The second-order valence-corrected chi connectivity index (χ2v) is 7.07. The fourth-order valence-electron chi connectivity index (χ4n) is 2.75. The molecular formula is C20H17BrF2N2O2. The Labute approximate surface area is 163 Å². The quantitative estimate of drug-likeness (QED) is 0.521. The largest absolute Gasteiger partial charge is 0.394 e. The number of rotatable bonds is 5. The molecule has 27 heavy (non-hydrogen) atoms. The Bertz CT molecular complexity index is 1010. The molecule has 3 aromatic rings. The molecule has 0 saturated heterocycles. The van der Waals surface area contributed by atoms with Crippen LogP contribution < -0.4 is 5.32 Å². The molecule has 0 radical (unpaired) electrons. The summed E-state index contributed by atoms with van der Waals surface area (Å²) in [6.45, 7) is 1.50. The summed E-state index contributed by atoms with van der Waals surface area (Å²) >= 11 is 3.28. The van der Waals surface area contributed by atoms with Crippen LogP contribution in [0.25, 0.3) is 28.2 Å². The number of carbonyl (C=O) groups excluding carboxylic acids is 1. The van der Waals surface area contributed by atoms with Crippen LogP contribution in [0.4, 0.5) is 8.78 Å². The molecule has 0 aliphatic carbocycles. The average Bonchev–Trinajstić information content (AvgIpc) is 2.99. The molecule has 0 saturated carbocycles. The monoisotopic (exact) mass is 434 g/mol. The molecule has 1 heterocycles. The van der Waals surface area contributed by atoms with Crippen LogP contribution in [0.3, 0.4) is 0 Å². The van der Waals surface area contributed by atoms with Crippen LogP contribution in [0.15, 0.2) is 46.9 Å². The van der Waals surface area contributed by atoms with Gasteiger partial charge in [0.25, 0.3) is 0 Å². The third kappa shape index (κ3) is 4.26. The SMILES string of the molecule is CC(CO)NC(=O)C=Cc1c(-c2ccc(F)cc2)[nH]c2c(F)cc(Br)cc12. The van der Waals surface area contributed by atoms with Crippen molar-refractivity contribution in [3.63, 3.8) is 0 Å². The topological polar surface area (TPSA) is 65.1 Å². The summed E-state index contributed by atoms with van der Waals surface area (Å²) in [5, 5.41) is 12.2. The van der Waals surface area contributed by atoms with Crippen LogP contribution in [-0.4, -0.2) is 28.6 Å². The molecule has 0 fully saturated rings. The van der Waals surface area contributed by atoms with Crippen molar-refractivity contribution in [2.45, 2.75) is 13.0 Å². The number of aliphatic hydroxyl groups excluding tert-OH is 1. The summed E-state index contributed by atoms with van der Waals surface area (Å²) in [6.07, 6.45) is 2.89. The van der Waals surface area contributed by atoms with Gasteiger partial charge in [0.05, 0.1) is 17.8 Å². The van der Waals surface area contributed by atoms with E-state index < -0.39 is 5.82 Å². The van der Waals surface area contributed by atoms with Gasteiger partial charge in [0.1, 0.15) is 11.6 Å². The van der Waals surface area contributed by atoms with E-state index in [4.69, 9.17) is 5.11 Å². The molecule has 1 atom stereocenters. The Morgan fingerprint density at radius 1 is 1.30 bits per heavy atom. The first-order chi connectivity index (χ1) is 12.9. The van der Waals surface area contributed by atoms with Gasteiger partial charge in [-0.05, 0) is 55.0 Å². The maximum absolute atomic E-state index is 14.4. The predicted molar refractivity (Wildman–Crippen MR) is 105 cm³/mol. The number of nitrogens with one attached hydrogen (secondary N) is 2. The number of H-pyrrole nitrogens is 1. The van der Waals surface area contributed by atoms with Crippen molar-refractivity contribution < 1.29 is 18.7 Å². The smallest absolute Gasteiger partial charge is 0.244 e. The van der Waals surface area contributed by atoms with E-state index in [1.807, 2.05) is 0 Å². The third-order valence-electron chi connectivity index (χ3n) is 4.06. The summed E-state index contributed by atoms with van der Waals surface area (Å²) in [5.74, 6) is -1.20. The number of fused-ring (bicyclic) bond motifs is 1. The van der Waals surface area contributed by atoms with E-state index in [1.54, 1.807) is 31.2 Å². The molecule has 0 spiro atoms. The minimum Gasteiger partial charge on any atom is -0.394 e. The summed E-state index contributed by atoms with van der Waals surface area (Å²) in [4.78, 5) is 15.0. The number of halogens is 3. The number of benzene rings is 2. The lowest BCUT2D eigenvalue weighted by Crippen LogP contribution is -2.33. The van der Waals surface area contributed by atoms with Gasteiger partial charge in [0, 0.05) is 27.5 Å². The number of hydrogen-bond donors (Lipinski definition) is 3. The minimum atomic E-state index is -0.444. The Balaban J connectivity index is 2.11. The molecule has 3 rings (SSSR count). The van der Waals surface area contributed by atoms with Gasteiger partial charge in [-0.1, -0.05) is 15.9 Å². The van der Waals surface area contributed by atoms with Gasteiger partial charge < -0.3 is 15.4 Å². The lowest BCUT2D eigenvalue weighted by atomic mass is 10.0. The highest BCUT2D eigenvalue weighted by Crippen LogP contribution is 2.34. The average molecular weight is 435 g/mol. The molecule has 1 aromatic heterocycles. The molecule has 0 bridgehead atoms. The van der Waals surface area contributed by atoms with Crippen LogP contribution in [-0.2, 0) is 4.79 Å². The zero-order chi connectivity index (χ0) is 19.6. The number of aromatic nitrogens is 1. The van der Waals surface area contributed by atoms with Crippen molar-refractivity contribution >= 4 is 38.8 Å². The van der Waals surface area contributed by atoms with Gasteiger partial charge in [0.2, 0.25) is 5.91 Å². The first-order valence-corrected chi connectivity index (χ1v) is 9.04. The van der Waals surface area contributed by atoms with Gasteiger partial charge in [-0.15, -0.1) is 0 Å². The van der Waals surface area contributed by atoms with Crippen LogP contribution in [0.1, 0.15) is 12.5 Å². The van der Waals surface area contributed by atoms with Crippen LogP contribution in [0, 0.1) is 11.6 Å². The molecule has 0 aliphatic rings. The Hall–Kier alpha value is -2.51. The van der Waals surface area contributed by atoms with E-state index >= 15 is 0 Å². The highest BCUT2D eigenvalue weighted by atomic mass is 79.9. The first-order valence-electron chi connectivity index (χ1n) is 8.25. The molecule has 1 amide bonds. The second-order valence-electron chi connectivity index (χ2n) is 6.16. The molecular weight excluding hydrogens is 418 g/mol. The standard InChI is InChI=1S/C20H17BrF2N2O2/c1-11(10-26)24-18(27)7-6-15-16-8-13(21)9-17(23)20(16)25-19(15)12-2-4-14(22)5-3-12/h2-9,11,25-26H,10H2,1H3,(H,24,27). The molecule has 2 aromatic carbocycles. The van der Waals surface area contributed by atoms with Gasteiger partial charge in [-0.25, -0.2) is 8.78 Å². The van der Waals surface area contributed by atoms with Crippen molar-refractivity contribution in [2.75, 3.05) is 6.61 Å². The highest BCUT2D eigenvalue weighted by Gasteiger charge is 2.15. The van der Waals surface area contributed by atoms with Crippen LogP contribution in [0.2, 0.25) is 0 Å². The van der Waals surface area contributed by atoms with Crippen molar-refractivity contribution in [2.24, 2.45) is 0 Å². The zero-order valence-electron chi connectivity index (χ0n) is 14.4. The fourth-order valence-corrected chi connectivity index (χ4v) is 3.18. The molecule has 3 N–H and O–H groups in total. The number of hydrogen-bond acceptors (Lipinski definition) is 2. The number of aromatic amines is 1. The third-order valence-corrected chi connectivity index (χ3v) is 4.52. The fraction of sp³-hybridized carbons (Fsp3) is 0.150. The van der Waals surface area contributed by atoms with Gasteiger partial charge in [0.15, 0.2) is 0 Å². The van der Waals surface area contributed by atoms with E-state index in [2.05, 4.69) is 26.2 Å². The van der Waals surface area contributed by atoms with Crippen molar-refractivity contribution in [3.8, 4) is 11.3 Å². The Morgan fingerprint density at radius 2 is 2.00 bits per heavy atom.